The lowest BCUT2D eigenvalue weighted by atomic mass is 10.1. The number of rotatable bonds is 3. The number of aromatic nitrogens is 6. The van der Waals surface area contributed by atoms with Crippen molar-refractivity contribution in [2.75, 3.05) is 0 Å². The zero-order chi connectivity index (χ0) is 16.5. The van der Waals surface area contributed by atoms with Gasteiger partial charge >= 0.3 is 0 Å². The maximum Gasteiger partial charge on any atom is 0.182 e. The zero-order valence-corrected chi connectivity index (χ0v) is 13.0. The molecule has 3 aromatic heterocycles. The van der Waals surface area contributed by atoms with Crippen molar-refractivity contribution in [3.05, 3.63) is 54.4 Å². The molecule has 0 aliphatic rings. The highest BCUT2D eigenvalue weighted by Crippen LogP contribution is 2.24. The van der Waals surface area contributed by atoms with Gasteiger partial charge in [0.15, 0.2) is 5.82 Å². The Morgan fingerprint density at radius 1 is 1.12 bits per heavy atom. The van der Waals surface area contributed by atoms with Crippen LogP contribution < -0.4 is 0 Å². The Labute approximate surface area is 137 Å². The molecule has 4 rings (SSSR count). The maximum absolute atomic E-state index is 8.91. The molecule has 24 heavy (non-hydrogen) atoms. The normalized spacial score (nSPS) is 10.8. The SMILES string of the molecule is CCn1nnnc1-c1ccn2c(-c3ccc(C#N)cc3)cnc2c1. The van der Waals surface area contributed by atoms with E-state index in [1.807, 2.05) is 48.0 Å². The molecule has 0 saturated heterocycles. The highest BCUT2D eigenvalue weighted by molar-refractivity contribution is 5.68. The van der Waals surface area contributed by atoms with Gasteiger partial charge in [-0.15, -0.1) is 5.10 Å². The van der Waals surface area contributed by atoms with E-state index in [0.717, 1.165) is 28.3 Å². The van der Waals surface area contributed by atoms with Gasteiger partial charge in [-0.3, -0.25) is 4.40 Å². The first kappa shape index (κ1) is 14.1. The minimum atomic E-state index is 0.640. The van der Waals surface area contributed by atoms with Crippen LogP contribution in [-0.4, -0.2) is 29.6 Å². The van der Waals surface area contributed by atoms with Crippen molar-refractivity contribution in [1.29, 1.82) is 5.26 Å². The highest BCUT2D eigenvalue weighted by atomic mass is 15.5. The van der Waals surface area contributed by atoms with E-state index in [1.54, 1.807) is 16.8 Å². The Bertz CT molecular complexity index is 1050. The summed E-state index contributed by atoms with van der Waals surface area (Å²) in [5, 5.41) is 20.7. The molecule has 0 amide bonds. The number of hydrogen-bond donors (Lipinski definition) is 0. The fourth-order valence-corrected chi connectivity index (χ4v) is 2.67. The first-order valence-corrected chi connectivity index (χ1v) is 7.54. The number of nitrogens with zero attached hydrogens (tertiary/aromatic N) is 7. The van der Waals surface area contributed by atoms with Crippen LogP contribution in [0, 0.1) is 11.3 Å². The predicted octanol–water partition coefficient (Wildman–Crippen LogP) is 2.55. The van der Waals surface area contributed by atoms with E-state index in [0.29, 0.717) is 12.1 Å². The topological polar surface area (TPSA) is 84.7 Å². The minimum absolute atomic E-state index is 0.640. The van der Waals surface area contributed by atoms with Gasteiger partial charge in [0.05, 0.1) is 23.5 Å². The highest BCUT2D eigenvalue weighted by Gasteiger charge is 2.11. The average Bonchev–Trinajstić information content (AvgIpc) is 3.27. The van der Waals surface area contributed by atoms with Crippen molar-refractivity contribution in [3.8, 4) is 28.7 Å². The number of tetrazole rings is 1. The summed E-state index contributed by atoms with van der Waals surface area (Å²) in [4.78, 5) is 4.48. The minimum Gasteiger partial charge on any atom is -0.300 e. The average molecular weight is 315 g/mol. The molecule has 3 heterocycles. The number of imidazole rings is 1. The van der Waals surface area contributed by atoms with E-state index in [9.17, 15) is 0 Å². The summed E-state index contributed by atoms with van der Waals surface area (Å²) in [7, 11) is 0. The molecule has 0 atom stereocenters. The summed E-state index contributed by atoms with van der Waals surface area (Å²) in [5.41, 5.74) is 4.36. The molecule has 0 spiro atoms. The molecule has 4 aromatic rings. The van der Waals surface area contributed by atoms with Crippen molar-refractivity contribution in [3.63, 3.8) is 0 Å². The van der Waals surface area contributed by atoms with E-state index >= 15 is 0 Å². The molecule has 7 nitrogen and oxygen atoms in total. The molecule has 116 valence electrons. The molecule has 0 bridgehead atoms. The van der Waals surface area contributed by atoms with Crippen LogP contribution in [0.4, 0.5) is 0 Å². The molecular formula is C17H13N7. The monoisotopic (exact) mass is 315 g/mol. The molecule has 0 aliphatic heterocycles. The van der Waals surface area contributed by atoms with Gasteiger partial charge in [0.1, 0.15) is 5.65 Å². The second-order valence-electron chi connectivity index (χ2n) is 5.29. The van der Waals surface area contributed by atoms with Crippen LogP contribution in [0.1, 0.15) is 12.5 Å². The summed E-state index contributed by atoms with van der Waals surface area (Å²) >= 11 is 0. The summed E-state index contributed by atoms with van der Waals surface area (Å²) in [5.74, 6) is 0.725. The summed E-state index contributed by atoms with van der Waals surface area (Å²) < 4.78 is 3.75. The molecule has 7 heteroatoms. The molecule has 0 N–H and O–H groups in total. The van der Waals surface area contributed by atoms with Crippen LogP contribution in [0.3, 0.4) is 0 Å². The van der Waals surface area contributed by atoms with Gasteiger partial charge in [0.2, 0.25) is 0 Å². The molecule has 0 unspecified atom stereocenters. The van der Waals surface area contributed by atoms with E-state index in [1.165, 1.54) is 0 Å². The van der Waals surface area contributed by atoms with E-state index < -0.39 is 0 Å². The van der Waals surface area contributed by atoms with Crippen LogP contribution in [0.2, 0.25) is 0 Å². The zero-order valence-electron chi connectivity index (χ0n) is 13.0. The molecule has 0 saturated carbocycles. The lowest BCUT2D eigenvalue weighted by Crippen LogP contribution is -2.00. The van der Waals surface area contributed by atoms with Gasteiger partial charge in [0, 0.05) is 23.9 Å². The van der Waals surface area contributed by atoms with Crippen molar-refractivity contribution < 1.29 is 0 Å². The molecule has 0 radical (unpaired) electrons. The number of hydrogen-bond acceptors (Lipinski definition) is 5. The van der Waals surface area contributed by atoms with Gasteiger partial charge < -0.3 is 0 Å². The molecule has 0 fully saturated rings. The first-order chi connectivity index (χ1) is 11.8. The van der Waals surface area contributed by atoms with Crippen molar-refractivity contribution in [2.45, 2.75) is 13.5 Å². The van der Waals surface area contributed by atoms with Crippen LogP contribution >= 0.6 is 0 Å². The Balaban J connectivity index is 1.79. The Morgan fingerprint density at radius 3 is 2.71 bits per heavy atom. The van der Waals surface area contributed by atoms with Gasteiger partial charge in [-0.25, -0.2) is 9.67 Å². The molecule has 0 aliphatic carbocycles. The summed E-state index contributed by atoms with van der Waals surface area (Å²) in [6.45, 7) is 2.70. The van der Waals surface area contributed by atoms with Crippen LogP contribution in [0.5, 0.6) is 0 Å². The number of benzene rings is 1. The van der Waals surface area contributed by atoms with Crippen molar-refractivity contribution >= 4 is 5.65 Å². The number of nitriles is 1. The summed E-state index contributed by atoms with van der Waals surface area (Å²) in [6.07, 6.45) is 3.78. The number of aryl methyl sites for hydroxylation is 1. The van der Waals surface area contributed by atoms with Crippen LogP contribution in [0.25, 0.3) is 28.3 Å². The first-order valence-electron chi connectivity index (χ1n) is 7.54. The van der Waals surface area contributed by atoms with Crippen LogP contribution in [-0.2, 0) is 6.54 Å². The Morgan fingerprint density at radius 2 is 1.96 bits per heavy atom. The maximum atomic E-state index is 8.91. The lowest BCUT2D eigenvalue weighted by molar-refractivity contribution is 0.631. The Hall–Kier alpha value is -3.53. The fourth-order valence-electron chi connectivity index (χ4n) is 2.67. The quantitative estimate of drug-likeness (QED) is 0.580. The third-order valence-electron chi connectivity index (χ3n) is 3.91. The van der Waals surface area contributed by atoms with Crippen molar-refractivity contribution in [2.24, 2.45) is 0 Å². The van der Waals surface area contributed by atoms with E-state index in [2.05, 4.69) is 26.6 Å². The predicted molar refractivity (Wildman–Crippen MR) is 87.8 cm³/mol. The lowest BCUT2D eigenvalue weighted by Gasteiger charge is -2.05. The van der Waals surface area contributed by atoms with Crippen LogP contribution in [0.15, 0.2) is 48.8 Å². The van der Waals surface area contributed by atoms with Gasteiger partial charge in [0.25, 0.3) is 0 Å². The van der Waals surface area contributed by atoms with Gasteiger partial charge in [-0.1, -0.05) is 12.1 Å². The number of fused-ring (bicyclic) bond motifs is 1. The standard InChI is InChI=1S/C17H13N7/c1-2-24-17(20-21-22-24)14-7-8-23-15(11-19-16(23)9-14)13-5-3-12(10-18)4-6-13/h3-9,11H,2H2,1H3. The Kier molecular flexibility index (Phi) is 3.28. The molecule has 1 aromatic carbocycles. The van der Waals surface area contributed by atoms with E-state index in [-0.39, 0.29) is 0 Å². The second-order valence-corrected chi connectivity index (χ2v) is 5.29. The third-order valence-corrected chi connectivity index (χ3v) is 3.91. The largest absolute Gasteiger partial charge is 0.300 e. The van der Waals surface area contributed by atoms with Gasteiger partial charge in [-0.2, -0.15) is 5.26 Å². The smallest absolute Gasteiger partial charge is 0.182 e. The van der Waals surface area contributed by atoms with Crippen molar-refractivity contribution in [1.82, 2.24) is 29.6 Å². The summed E-state index contributed by atoms with van der Waals surface area (Å²) in [6, 6.07) is 13.5. The van der Waals surface area contributed by atoms with E-state index in [4.69, 9.17) is 5.26 Å². The fraction of sp³-hybridized carbons (Fsp3) is 0.118. The van der Waals surface area contributed by atoms with Gasteiger partial charge in [-0.05, 0) is 41.6 Å². The number of pyridine rings is 1. The second kappa shape index (κ2) is 5.59. The third kappa shape index (κ3) is 2.21. The molecular weight excluding hydrogens is 302 g/mol.